The van der Waals surface area contributed by atoms with Gasteiger partial charge in [-0.05, 0) is 50.6 Å². The van der Waals surface area contributed by atoms with Crippen molar-refractivity contribution in [1.82, 2.24) is 30.2 Å². The molecule has 0 aliphatic heterocycles. The molecule has 0 aliphatic carbocycles. The molecule has 0 saturated carbocycles. The summed E-state index contributed by atoms with van der Waals surface area (Å²) in [5.74, 6) is 0.841. The van der Waals surface area contributed by atoms with Crippen molar-refractivity contribution in [2.75, 3.05) is 11.9 Å². The summed E-state index contributed by atoms with van der Waals surface area (Å²) >= 11 is 0. The Kier molecular flexibility index (Phi) is 5.35. The van der Waals surface area contributed by atoms with Gasteiger partial charge in [-0.1, -0.05) is 0 Å². The first-order valence-electron chi connectivity index (χ1n) is 9.89. The maximum absolute atomic E-state index is 11.9. The number of benzene rings is 1. The summed E-state index contributed by atoms with van der Waals surface area (Å²) in [6.07, 6.45) is 6.71. The SMILES string of the molecule is CCNC(=O)Nc1nc2cc(-c3cncc(C(C)(C)O)c3)cc(-c3ncccn3)c2[nH]1. The van der Waals surface area contributed by atoms with Crippen molar-refractivity contribution in [2.24, 2.45) is 0 Å². The molecular weight excluding hydrogens is 394 g/mol. The van der Waals surface area contributed by atoms with Gasteiger partial charge >= 0.3 is 6.03 Å². The highest BCUT2D eigenvalue weighted by molar-refractivity contribution is 5.97. The number of nitrogens with zero attached hydrogens (tertiary/aromatic N) is 4. The fourth-order valence-electron chi connectivity index (χ4n) is 3.20. The van der Waals surface area contributed by atoms with Crippen LogP contribution in [-0.4, -0.2) is 42.6 Å². The minimum absolute atomic E-state index is 0.318. The number of aliphatic hydroxyl groups is 1. The topological polar surface area (TPSA) is 129 Å². The van der Waals surface area contributed by atoms with Crippen LogP contribution in [0.2, 0.25) is 0 Å². The molecule has 4 N–H and O–H groups in total. The number of anilines is 1. The number of aromatic amines is 1. The van der Waals surface area contributed by atoms with Gasteiger partial charge < -0.3 is 15.4 Å². The average Bonchev–Trinajstić information content (AvgIpc) is 3.15. The van der Waals surface area contributed by atoms with Gasteiger partial charge in [0.25, 0.3) is 0 Å². The van der Waals surface area contributed by atoms with Crippen LogP contribution in [0.15, 0.2) is 49.1 Å². The number of aromatic nitrogens is 5. The normalized spacial score (nSPS) is 11.5. The summed E-state index contributed by atoms with van der Waals surface area (Å²) in [6.45, 7) is 5.77. The third kappa shape index (κ3) is 4.36. The number of hydrogen-bond acceptors (Lipinski definition) is 6. The molecule has 4 rings (SSSR count). The highest BCUT2D eigenvalue weighted by atomic mass is 16.3. The standard InChI is InChI=1S/C22H23N7O2/c1-4-24-21(30)29-20-27-17-10-13(14-8-15(12-23-11-14)22(2,3)31)9-16(18(17)28-20)19-25-6-5-7-26-19/h5-12,31H,4H2,1-3H3,(H3,24,27,28,29,30). The van der Waals surface area contributed by atoms with Gasteiger partial charge in [-0.15, -0.1) is 0 Å². The number of rotatable bonds is 5. The lowest BCUT2D eigenvalue weighted by Crippen LogP contribution is -2.28. The Morgan fingerprint density at radius 3 is 2.61 bits per heavy atom. The maximum Gasteiger partial charge on any atom is 0.321 e. The Morgan fingerprint density at radius 2 is 1.90 bits per heavy atom. The van der Waals surface area contributed by atoms with Gasteiger partial charge in [0.05, 0.1) is 16.6 Å². The van der Waals surface area contributed by atoms with Crippen LogP contribution in [0.25, 0.3) is 33.5 Å². The van der Waals surface area contributed by atoms with Crippen molar-refractivity contribution >= 4 is 23.0 Å². The first-order valence-corrected chi connectivity index (χ1v) is 9.89. The van der Waals surface area contributed by atoms with E-state index in [1.165, 1.54) is 0 Å². The van der Waals surface area contributed by atoms with Crippen LogP contribution in [0, 0.1) is 0 Å². The van der Waals surface area contributed by atoms with E-state index in [-0.39, 0.29) is 6.03 Å². The number of urea groups is 1. The second-order valence-electron chi connectivity index (χ2n) is 7.58. The van der Waals surface area contributed by atoms with Crippen LogP contribution >= 0.6 is 0 Å². The predicted molar refractivity (Wildman–Crippen MR) is 118 cm³/mol. The molecule has 0 aliphatic rings. The first kappa shape index (κ1) is 20.4. The molecule has 3 aromatic heterocycles. The fraction of sp³-hybridized carbons (Fsp3) is 0.227. The van der Waals surface area contributed by atoms with Crippen LogP contribution in [0.5, 0.6) is 0 Å². The lowest BCUT2D eigenvalue weighted by Gasteiger charge is -2.18. The van der Waals surface area contributed by atoms with Gasteiger partial charge in [0, 0.05) is 48.0 Å². The number of carbonyl (C=O) groups excluding carboxylic acids is 1. The van der Waals surface area contributed by atoms with Crippen molar-refractivity contribution in [3.05, 3.63) is 54.6 Å². The van der Waals surface area contributed by atoms with Crippen molar-refractivity contribution < 1.29 is 9.90 Å². The predicted octanol–water partition coefficient (Wildman–Crippen LogP) is 3.45. The van der Waals surface area contributed by atoms with Gasteiger partial charge in [-0.25, -0.2) is 19.7 Å². The molecule has 2 amide bonds. The van der Waals surface area contributed by atoms with E-state index in [1.54, 1.807) is 44.7 Å². The summed E-state index contributed by atoms with van der Waals surface area (Å²) in [4.78, 5) is 32.6. The van der Waals surface area contributed by atoms with Crippen LogP contribution in [-0.2, 0) is 5.60 Å². The minimum Gasteiger partial charge on any atom is -0.386 e. The zero-order chi connectivity index (χ0) is 22.0. The van der Waals surface area contributed by atoms with E-state index in [2.05, 4.69) is 35.6 Å². The molecule has 0 fully saturated rings. The molecule has 0 unspecified atom stereocenters. The Morgan fingerprint density at radius 1 is 1.13 bits per heavy atom. The quantitative estimate of drug-likeness (QED) is 0.394. The lowest BCUT2D eigenvalue weighted by molar-refractivity contribution is 0.0783. The molecule has 1 aromatic carbocycles. The van der Waals surface area contributed by atoms with Gasteiger partial charge in [0.2, 0.25) is 5.95 Å². The van der Waals surface area contributed by atoms with E-state index >= 15 is 0 Å². The number of imidazole rings is 1. The van der Waals surface area contributed by atoms with Crippen LogP contribution in [0.1, 0.15) is 26.3 Å². The van der Waals surface area contributed by atoms with E-state index in [0.29, 0.717) is 34.9 Å². The molecule has 4 aromatic rings. The van der Waals surface area contributed by atoms with Crippen molar-refractivity contribution in [1.29, 1.82) is 0 Å². The number of H-pyrrole nitrogens is 1. The maximum atomic E-state index is 11.9. The third-order valence-corrected chi connectivity index (χ3v) is 4.75. The van der Waals surface area contributed by atoms with Gasteiger partial charge in [-0.3, -0.25) is 10.3 Å². The van der Waals surface area contributed by atoms with E-state index in [0.717, 1.165) is 16.7 Å². The molecule has 158 valence electrons. The number of fused-ring (bicyclic) bond motifs is 1. The monoisotopic (exact) mass is 417 g/mol. The molecular formula is C22H23N7O2. The van der Waals surface area contributed by atoms with E-state index in [1.807, 2.05) is 25.1 Å². The van der Waals surface area contributed by atoms with Gasteiger partial charge in [0.1, 0.15) is 0 Å². The molecule has 9 nitrogen and oxygen atoms in total. The third-order valence-electron chi connectivity index (χ3n) is 4.75. The van der Waals surface area contributed by atoms with Crippen LogP contribution in [0.3, 0.4) is 0 Å². The van der Waals surface area contributed by atoms with E-state index < -0.39 is 5.60 Å². The summed E-state index contributed by atoms with van der Waals surface area (Å²) in [5, 5.41) is 15.7. The van der Waals surface area contributed by atoms with Crippen LogP contribution in [0.4, 0.5) is 10.7 Å². The van der Waals surface area contributed by atoms with Gasteiger partial charge in [-0.2, -0.15) is 0 Å². The Bertz CT molecular complexity index is 1230. The fourth-order valence-corrected chi connectivity index (χ4v) is 3.20. The smallest absolute Gasteiger partial charge is 0.321 e. The number of carbonyl (C=O) groups is 1. The van der Waals surface area contributed by atoms with Crippen LogP contribution < -0.4 is 10.6 Å². The molecule has 31 heavy (non-hydrogen) atoms. The van der Waals surface area contributed by atoms with Gasteiger partial charge in [0.15, 0.2) is 5.82 Å². The number of nitrogens with one attached hydrogen (secondary N) is 3. The Balaban J connectivity index is 1.87. The summed E-state index contributed by atoms with van der Waals surface area (Å²) in [6, 6.07) is 7.13. The second kappa shape index (κ2) is 8.11. The number of amides is 2. The lowest BCUT2D eigenvalue weighted by atomic mass is 9.96. The highest BCUT2D eigenvalue weighted by Crippen LogP contribution is 2.33. The number of pyridine rings is 1. The molecule has 0 atom stereocenters. The largest absolute Gasteiger partial charge is 0.386 e. The van der Waals surface area contributed by atoms with Crippen molar-refractivity contribution in [2.45, 2.75) is 26.4 Å². The van der Waals surface area contributed by atoms with E-state index in [9.17, 15) is 9.90 Å². The minimum atomic E-state index is -1.02. The molecule has 0 spiro atoms. The summed E-state index contributed by atoms with van der Waals surface area (Å²) in [5.41, 5.74) is 3.41. The number of hydrogen-bond donors (Lipinski definition) is 4. The molecule has 0 bridgehead atoms. The Hall–Kier alpha value is -3.85. The molecule has 0 radical (unpaired) electrons. The Labute approximate surface area is 179 Å². The van der Waals surface area contributed by atoms with E-state index in [4.69, 9.17) is 0 Å². The molecule has 9 heteroatoms. The zero-order valence-corrected chi connectivity index (χ0v) is 17.5. The highest BCUT2D eigenvalue weighted by Gasteiger charge is 2.19. The summed E-state index contributed by atoms with van der Waals surface area (Å²) in [7, 11) is 0. The summed E-state index contributed by atoms with van der Waals surface area (Å²) < 4.78 is 0. The second-order valence-corrected chi connectivity index (χ2v) is 7.58. The molecule has 3 heterocycles. The van der Waals surface area contributed by atoms with Crippen molar-refractivity contribution in [3.63, 3.8) is 0 Å². The van der Waals surface area contributed by atoms with Crippen molar-refractivity contribution in [3.8, 4) is 22.5 Å². The zero-order valence-electron chi connectivity index (χ0n) is 17.5. The first-order chi connectivity index (χ1) is 14.8. The molecule has 0 saturated heterocycles. The average molecular weight is 417 g/mol.